The topological polar surface area (TPSA) is 81.3 Å². The van der Waals surface area contributed by atoms with E-state index in [0.717, 1.165) is 66.5 Å². The Balaban J connectivity index is 1.73. The van der Waals surface area contributed by atoms with Gasteiger partial charge in [-0.05, 0) is 54.9 Å². The number of ether oxygens (including phenoxy) is 1. The van der Waals surface area contributed by atoms with Crippen LogP contribution in [0.15, 0.2) is 12.1 Å². The van der Waals surface area contributed by atoms with Gasteiger partial charge in [0.1, 0.15) is 11.4 Å². The van der Waals surface area contributed by atoms with Crippen molar-refractivity contribution in [3.05, 3.63) is 34.4 Å². The molecule has 3 N–H and O–H groups in total. The van der Waals surface area contributed by atoms with Gasteiger partial charge in [-0.3, -0.25) is 0 Å². The molecule has 3 heterocycles. The highest BCUT2D eigenvalue weighted by Crippen LogP contribution is 2.47. The largest absolute Gasteiger partial charge is 0.507 e. The summed E-state index contributed by atoms with van der Waals surface area (Å²) in [6, 6.07) is 4.10. The molecular weight excluding hydrogens is 290 g/mol. The first-order chi connectivity index (χ1) is 11.2. The van der Waals surface area contributed by atoms with Crippen LogP contribution in [0.5, 0.6) is 5.75 Å². The molecule has 118 valence electrons. The number of anilines is 1. The minimum Gasteiger partial charge on any atom is -0.507 e. The molecule has 5 nitrogen and oxygen atoms in total. The fourth-order valence-corrected chi connectivity index (χ4v) is 4.42. The van der Waals surface area contributed by atoms with Crippen molar-refractivity contribution < 1.29 is 9.84 Å². The number of hydrogen-bond acceptors (Lipinski definition) is 5. The number of aromatic nitrogens is 2. The number of hydrogen-bond donors (Lipinski definition) is 2. The highest BCUT2D eigenvalue weighted by molar-refractivity contribution is 5.75. The molecular formula is C18H19N3O2. The second-order valence-corrected chi connectivity index (χ2v) is 6.81. The van der Waals surface area contributed by atoms with Gasteiger partial charge in [0.2, 0.25) is 0 Å². The Morgan fingerprint density at radius 3 is 2.96 bits per heavy atom. The van der Waals surface area contributed by atoms with Crippen LogP contribution in [0.3, 0.4) is 0 Å². The van der Waals surface area contributed by atoms with Gasteiger partial charge in [0.25, 0.3) is 0 Å². The summed E-state index contributed by atoms with van der Waals surface area (Å²) in [6.07, 6.45) is 6.21. The first-order valence-corrected chi connectivity index (χ1v) is 8.37. The van der Waals surface area contributed by atoms with E-state index in [1.807, 2.05) is 6.07 Å². The van der Waals surface area contributed by atoms with Gasteiger partial charge in [0.15, 0.2) is 5.82 Å². The Bertz CT molecular complexity index is 818. The van der Waals surface area contributed by atoms with Crippen molar-refractivity contribution in [2.24, 2.45) is 0 Å². The van der Waals surface area contributed by atoms with E-state index < -0.39 is 0 Å². The van der Waals surface area contributed by atoms with E-state index in [1.54, 1.807) is 0 Å². The zero-order valence-electron chi connectivity index (χ0n) is 12.9. The van der Waals surface area contributed by atoms with Crippen molar-refractivity contribution in [2.75, 3.05) is 5.73 Å². The minimum absolute atomic E-state index is 0.0366. The summed E-state index contributed by atoms with van der Waals surface area (Å²) in [5.41, 5.74) is 12.1. The zero-order chi connectivity index (χ0) is 15.6. The van der Waals surface area contributed by atoms with E-state index in [2.05, 4.69) is 16.3 Å². The molecule has 5 rings (SSSR count). The number of phenolic OH excluding ortho intramolecular Hbond substituents is 1. The summed E-state index contributed by atoms with van der Waals surface area (Å²) < 4.78 is 5.99. The maximum Gasteiger partial charge on any atom is 0.152 e. The van der Waals surface area contributed by atoms with Crippen molar-refractivity contribution in [2.45, 2.75) is 50.7 Å². The summed E-state index contributed by atoms with van der Waals surface area (Å²) in [4.78, 5) is 0. The number of rotatable bonds is 1. The van der Waals surface area contributed by atoms with Crippen molar-refractivity contribution in [1.29, 1.82) is 0 Å². The molecule has 1 aliphatic carbocycles. The molecule has 0 radical (unpaired) electrons. The molecule has 3 aliphatic rings. The van der Waals surface area contributed by atoms with Gasteiger partial charge in [0, 0.05) is 17.5 Å². The van der Waals surface area contributed by atoms with Crippen LogP contribution < -0.4 is 5.73 Å². The highest BCUT2D eigenvalue weighted by atomic mass is 16.5. The smallest absolute Gasteiger partial charge is 0.152 e. The number of nitrogens with zero attached hydrogens (tertiary/aromatic N) is 2. The van der Waals surface area contributed by atoms with E-state index in [9.17, 15) is 5.11 Å². The number of phenols is 1. The van der Waals surface area contributed by atoms with Gasteiger partial charge in [0.05, 0.1) is 12.2 Å². The van der Waals surface area contributed by atoms with Crippen LogP contribution in [0.4, 0.5) is 5.82 Å². The molecule has 2 atom stereocenters. The fourth-order valence-electron chi connectivity index (χ4n) is 4.42. The van der Waals surface area contributed by atoms with E-state index in [-0.39, 0.29) is 12.2 Å². The molecule has 23 heavy (non-hydrogen) atoms. The SMILES string of the molecule is Nc1nnc(-c2ccc3c(c2O)CCC3)c2c1[C@H]1CCC(C2)O1. The van der Waals surface area contributed by atoms with Gasteiger partial charge in [-0.1, -0.05) is 6.07 Å². The molecule has 1 aromatic carbocycles. The quantitative estimate of drug-likeness (QED) is 0.846. The van der Waals surface area contributed by atoms with Gasteiger partial charge in [-0.2, -0.15) is 0 Å². The molecule has 1 aromatic heterocycles. The van der Waals surface area contributed by atoms with Crippen LogP contribution in [-0.2, 0) is 24.0 Å². The minimum atomic E-state index is 0.0366. The molecule has 0 amide bonds. The normalized spacial score (nSPS) is 24.5. The van der Waals surface area contributed by atoms with Crippen molar-refractivity contribution in [3.8, 4) is 17.0 Å². The number of aryl methyl sites for hydroxylation is 1. The van der Waals surface area contributed by atoms with Crippen LogP contribution in [0.25, 0.3) is 11.3 Å². The molecule has 0 saturated carbocycles. The lowest BCUT2D eigenvalue weighted by Gasteiger charge is -2.26. The summed E-state index contributed by atoms with van der Waals surface area (Å²) in [5.74, 6) is 0.842. The number of fused-ring (bicyclic) bond motifs is 5. The third-order valence-electron chi connectivity index (χ3n) is 5.51. The molecule has 1 unspecified atom stereocenters. The summed E-state index contributed by atoms with van der Waals surface area (Å²) in [6.45, 7) is 0. The maximum atomic E-state index is 10.8. The molecule has 5 heteroatoms. The Kier molecular flexibility index (Phi) is 2.71. The predicted octanol–water partition coefficient (Wildman–Crippen LogP) is 2.70. The maximum absolute atomic E-state index is 10.8. The van der Waals surface area contributed by atoms with Crippen LogP contribution in [0, 0.1) is 0 Å². The Morgan fingerprint density at radius 1 is 1.13 bits per heavy atom. The van der Waals surface area contributed by atoms with E-state index in [0.29, 0.717) is 11.6 Å². The lowest BCUT2D eigenvalue weighted by Crippen LogP contribution is -2.21. The Hall–Kier alpha value is -2.14. The van der Waals surface area contributed by atoms with Crippen LogP contribution in [0.1, 0.15) is 47.6 Å². The number of nitrogen functional groups attached to an aromatic ring is 1. The van der Waals surface area contributed by atoms with Crippen molar-refractivity contribution >= 4 is 5.82 Å². The third-order valence-corrected chi connectivity index (χ3v) is 5.51. The molecule has 2 aliphatic heterocycles. The average Bonchev–Trinajstić information content (AvgIpc) is 3.16. The standard InChI is InChI=1S/C18H19N3O2/c19-18-15-13(8-10-5-7-14(15)23-10)16(20-21-18)12-6-4-9-2-1-3-11(9)17(12)22/h4,6,10,14,22H,1-3,5,7-8H2,(H2,19,21)/t10?,14-/m1/s1. The van der Waals surface area contributed by atoms with Gasteiger partial charge in [-0.25, -0.2) is 0 Å². The number of benzene rings is 1. The molecule has 1 saturated heterocycles. The van der Waals surface area contributed by atoms with E-state index in [1.165, 1.54) is 5.56 Å². The first kappa shape index (κ1) is 13.3. The number of aromatic hydroxyl groups is 1. The van der Waals surface area contributed by atoms with Crippen molar-refractivity contribution in [1.82, 2.24) is 10.2 Å². The van der Waals surface area contributed by atoms with Crippen LogP contribution >= 0.6 is 0 Å². The van der Waals surface area contributed by atoms with Gasteiger partial charge in [-0.15, -0.1) is 10.2 Å². The molecule has 2 aromatic rings. The molecule has 1 fully saturated rings. The monoisotopic (exact) mass is 309 g/mol. The van der Waals surface area contributed by atoms with E-state index >= 15 is 0 Å². The second kappa shape index (κ2) is 4.68. The second-order valence-electron chi connectivity index (χ2n) is 6.81. The summed E-state index contributed by atoms with van der Waals surface area (Å²) in [7, 11) is 0. The fraction of sp³-hybridized carbons (Fsp3) is 0.444. The van der Waals surface area contributed by atoms with Crippen molar-refractivity contribution in [3.63, 3.8) is 0 Å². The first-order valence-electron chi connectivity index (χ1n) is 8.37. The van der Waals surface area contributed by atoms with Crippen LogP contribution in [0.2, 0.25) is 0 Å². The Morgan fingerprint density at radius 2 is 2.04 bits per heavy atom. The Labute approximate surface area is 134 Å². The lowest BCUT2D eigenvalue weighted by molar-refractivity contribution is 0.0326. The van der Waals surface area contributed by atoms with Crippen LogP contribution in [-0.4, -0.2) is 21.4 Å². The highest BCUT2D eigenvalue weighted by Gasteiger charge is 2.38. The molecule has 2 bridgehead atoms. The summed E-state index contributed by atoms with van der Waals surface area (Å²) in [5, 5.41) is 19.3. The summed E-state index contributed by atoms with van der Waals surface area (Å²) >= 11 is 0. The van der Waals surface area contributed by atoms with E-state index in [4.69, 9.17) is 10.5 Å². The zero-order valence-corrected chi connectivity index (χ0v) is 12.9. The third kappa shape index (κ3) is 1.83. The predicted molar refractivity (Wildman–Crippen MR) is 86.1 cm³/mol. The molecule has 0 spiro atoms. The van der Waals surface area contributed by atoms with Gasteiger partial charge >= 0.3 is 0 Å². The number of nitrogens with two attached hydrogens (primary N) is 1. The average molecular weight is 309 g/mol. The lowest BCUT2D eigenvalue weighted by atomic mass is 9.92. The van der Waals surface area contributed by atoms with Gasteiger partial charge < -0.3 is 15.6 Å².